The minimum Gasteiger partial charge on any atom is -0.490 e. The van der Waals surface area contributed by atoms with Crippen molar-refractivity contribution in [1.29, 1.82) is 0 Å². The minimum absolute atomic E-state index is 0.264. The Hall–Kier alpha value is -3.08. The van der Waals surface area contributed by atoms with E-state index in [0.717, 1.165) is 11.3 Å². The van der Waals surface area contributed by atoms with Gasteiger partial charge in [-0.25, -0.2) is 9.78 Å². The molecule has 1 atom stereocenters. The van der Waals surface area contributed by atoms with Crippen molar-refractivity contribution in [2.75, 3.05) is 6.61 Å². The van der Waals surface area contributed by atoms with Gasteiger partial charge in [-0.1, -0.05) is 35.9 Å². The van der Waals surface area contributed by atoms with Gasteiger partial charge in [-0.15, -0.1) is 0 Å². The van der Waals surface area contributed by atoms with E-state index in [1.54, 1.807) is 24.7 Å². The van der Waals surface area contributed by atoms with E-state index in [0.29, 0.717) is 12.1 Å². The summed E-state index contributed by atoms with van der Waals surface area (Å²) in [5.41, 5.74) is 1.62. The fourth-order valence-electron chi connectivity index (χ4n) is 2.37. The van der Waals surface area contributed by atoms with Gasteiger partial charge < -0.3 is 14.0 Å². The van der Waals surface area contributed by atoms with Crippen LogP contribution in [0.1, 0.15) is 15.9 Å². The van der Waals surface area contributed by atoms with E-state index >= 15 is 0 Å². The molecule has 3 rings (SSSR count). The van der Waals surface area contributed by atoms with Crippen LogP contribution in [0.15, 0.2) is 73.3 Å². The average Bonchev–Trinajstić information content (AvgIpc) is 3.14. The lowest BCUT2D eigenvalue weighted by Gasteiger charge is -2.19. The highest BCUT2D eigenvalue weighted by Gasteiger charge is 2.17. The molecule has 0 aliphatic heterocycles. The number of aromatic nitrogens is 2. The maximum absolute atomic E-state index is 12.4. The number of carbonyl (C=O) groups excluding carboxylic acids is 1. The molecule has 0 aliphatic rings. The fourth-order valence-corrected chi connectivity index (χ4v) is 2.37. The van der Waals surface area contributed by atoms with E-state index in [4.69, 9.17) is 9.47 Å². The maximum Gasteiger partial charge on any atom is 0.338 e. The molecule has 0 fully saturated rings. The Morgan fingerprint density at radius 3 is 2.56 bits per heavy atom. The summed E-state index contributed by atoms with van der Waals surface area (Å²) < 4.78 is 13.3. The van der Waals surface area contributed by atoms with Crippen LogP contribution in [0.5, 0.6) is 5.75 Å². The minimum atomic E-state index is -0.428. The third kappa shape index (κ3) is 4.94. The Morgan fingerprint density at radius 1 is 1.12 bits per heavy atom. The van der Waals surface area contributed by atoms with Crippen LogP contribution in [0.2, 0.25) is 0 Å². The summed E-state index contributed by atoms with van der Waals surface area (Å²) in [6, 6.07) is 16.8. The van der Waals surface area contributed by atoms with Crippen LogP contribution in [-0.4, -0.2) is 28.2 Å². The van der Waals surface area contributed by atoms with Crippen molar-refractivity contribution < 1.29 is 14.3 Å². The van der Waals surface area contributed by atoms with E-state index in [1.165, 1.54) is 0 Å². The summed E-state index contributed by atoms with van der Waals surface area (Å²) in [5, 5.41) is 0. The summed E-state index contributed by atoms with van der Waals surface area (Å²) in [4.78, 5) is 16.4. The summed E-state index contributed by atoms with van der Waals surface area (Å²) in [7, 11) is 0. The molecule has 0 radical (unpaired) electrons. The number of ether oxygens (including phenoxy) is 2. The summed E-state index contributed by atoms with van der Waals surface area (Å²) in [6.07, 6.45) is 4.78. The highest BCUT2D eigenvalue weighted by Crippen LogP contribution is 2.12. The second kappa shape index (κ2) is 8.15. The van der Waals surface area contributed by atoms with Crippen LogP contribution in [0.25, 0.3) is 0 Å². The molecule has 5 heteroatoms. The zero-order chi connectivity index (χ0) is 17.5. The number of hydrogen-bond acceptors (Lipinski definition) is 4. The van der Waals surface area contributed by atoms with Gasteiger partial charge in [0, 0.05) is 12.4 Å². The number of carbonyl (C=O) groups is 1. The highest BCUT2D eigenvalue weighted by atomic mass is 16.6. The molecular weight excluding hydrogens is 316 g/mol. The lowest BCUT2D eigenvalue weighted by molar-refractivity contribution is 0.0125. The van der Waals surface area contributed by atoms with Crippen LogP contribution in [-0.2, 0) is 11.3 Å². The number of rotatable bonds is 7. The Balaban J connectivity index is 1.66. The Bertz CT molecular complexity index is 784. The third-order valence-corrected chi connectivity index (χ3v) is 3.71. The predicted molar refractivity (Wildman–Crippen MR) is 94.5 cm³/mol. The van der Waals surface area contributed by atoms with E-state index < -0.39 is 6.10 Å². The lowest BCUT2D eigenvalue weighted by Crippen LogP contribution is -2.29. The molecule has 0 bridgehead atoms. The van der Waals surface area contributed by atoms with Gasteiger partial charge >= 0.3 is 5.97 Å². The molecule has 0 unspecified atom stereocenters. The van der Waals surface area contributed by atoms with Gasteiger partial charge in [0.1, 0.15) is 12.4 Å². The number of aryl methyl sites for hydroxylation is 1. The lowest BCUT2D eigenvalue weighted by atomic mass is 10.1. The van der Waals surface area contributed by atoms with Crippen molar-refractivity contribution in [2.24, 2.45) is 0 Å². The molecule has 0 spiro atoms. The van der Waals surface area contributed by atoms with Gasteiger partial charge in [0.15, 0.2) is 6.10 Å². The quantitative estimate of drug-likeness (QED) is 0.620. The molecule has 1 heterocycles. The number of para-hydroxylation sites is 1. The largest absolute Gasteiger partial charge is 0.490 e. The fraction of sp³-hybridized carbons (Fsp3) is 0.200. The van der Waals surface area contributed by atoms with Crippen molar-refractivity contribution in [1.82, 2.24) is 9.55 Å². The molecule has 25 heavy (non-hydrogen) atoms. The summed E-state index contributed by atoms with van der Waals surface area (Å²) in [5.74, 6) is 0.381. The van der Waals surface area contributed by atoms with Crippen molar-refractivity contribution >= 4 is 5.97 Å². The van der Waals surface area contributed by atoms with E-state index in [-0.39, 0.29) is 12.6 Å². The number of imidazole rings is 1. The van der Waals surface area contributed by atoms with Gasteiger partial charge in [-0.3, -0.25) is 0 Å². The van der Waals surface area contributed by atoms with Crippen molar-refractivity contribution in [3.63, 3.8) is 0 Å². The number of esters is 1. The van der Waals surface area contributed by atoms with Gasteiger partial charge in [0.25, 0.3) is 0 Å². The highest BCUT2D eigenvalue weighted by molar-refractivity contribution is 5.89. The van der Waals surface area contributed by atoms with Gasteiger partial charge in [-0.05, 0) is 31.2 Å². The van der Waals surface area contributed by atoms with Crippen LogP contribution in [0, 0.1) is 6.92 Å². The zero-order valence-corrected chi connectivity index (χ0v) is 14.0. The van der Waals surface area contributed by atoms with Gasteiger partial charge in [0.2, 0.25) is 0 Å². The normalized spacial score (nSPS) is 11.7. The first-order valence-electron chi connectivity index (χ1n) is 8.12. The molecule has 5 nitrogen and oxygen atoms in total. The average molecular weight is 336 g/mol. The van der Waals surface area contributed by atoms with Crippen LogP contribution < -0.4 is 4.74 Å². The van der Waals surface area contributed by atoms with Gasteiger partial charge in [0.05, 0.1) is 18.4 Å². The zero-order valence-electron chi connectivity index (χ0n) is 14.0. The molecule has 0 saturated carbocycles. The first-order valence-corrected chi connectivity index (χ1v) is 8.12. The van der Waals surface area contributed by atoms with Crippen molar-refractivity contribution in [3.05, 3.63) is 84.4 Å². The van der Waals surface area contributed by atoms with E-state index in [9.17, 15) is 4.79 Å². The SMILES string of the molecule is Cc1ccc(C(=O)O[C@@H](COc2ccccc2)Cn2ccnc2)cc1. The number of benzene rings is 2. The molecule has 0 amide bonds. The van der Waals surface area contributed by atoms with Crippen LogP contribution in [0.3, 0.4) is 0 Å². The van der Waals surface area contributed by atoms with Gasteiger partial charge in [-0.2, -0.15) is 0 Å². The van der Waals surface area contributed by atoms with Crippen LogP contribution >= 0.6 is 0 Å². The monoisotopic (exact) mass is 336 g/mol. The van der Waals surface area contributed by atoms with Crippen molar-refractivity contribution in [2.45, 2.75) is 19.6 Å². The van der Waals surface area contributed by atoms with E-state index in [1.807, 2.05) is 60.2 Å². The molecule has 128 valence electrons. The predicted octanol–water partition coefficient (Wildman–Crippen LogP) is 3.50. The third-order valence-electron chi connectivity index (χ3n) is 3.71. The van der Waals surface area contributed by atoms with E-state index in [2.05, 4.69) is 4.98 Å². The molecule has 0 saturated heterocycles. The number of nitrogens with zero attached hydrogens (tertiary/aromatic N) is 2. The summed E-state index contributed by atoms with van der Waals surface area (Å²) in [6.45, 7) is 2.72. The first kappa shape index (κ1) is 16.8. The number of hydrogen-bond donors (Lipinski definition) is 0. The molecule has 3 aromatic rings. The Labute approximate surface area is 146 Å². The Kier molecular flexibility index (Phi) is 5.46. The molecular formula is C20H20N2O3. The second-order valence-corrected chi connectivity index (χ2v) is 5.78. The second-order valence-electron chi connectivity index (χ2n) is 5.78. The standard InChI is InChI=1S/C20H20N2O3/c1-16-7-9-17(10-8-16)20(23)25-19(13-22-12-11-21-15-22)14-24-18-5-3-2-4-6-18/h2-12,15,19H,13-14H2,1H3/t19-/m1/s1. The molecule has 1 aromatic heterocycles. The molecule has 0 aliphatic carbocycles. The summed E-state index contributed by atoms with van der Waals surface area (Å²) >= 11 is 0. The molecule has 0 N–H and O–H groups in total. The molecule has 2 aromatic carbocycles. The topological polar surface area (TPSA) is 53.4 Å². The maximum atomic E-state index is 12.4. The van der Waals surface area contributed by atoms with Crippen LogP contribution in [0.4, 0.5) is 0 Å². The van der Waals surface area contributed by atoms with Crippen molar-refractivity contribution in [3.8, 4) is 5.75 Å². The smallest absolute Gasteiger partial charge is 0.338 e. The Morgan fingerprint density at radius 2 is 1.88 bits per heavy atom. The first-order chi connectivity index (χ1) is 12.2.